The number of carbonyl (C=O) groups is 2. The molecule has 0 radical (unpaired) electrons. The highest BCUT2D eigenvalue weighted by Gasteiger charge is 2.38. The van der Waals surface area contributed by atoms with Gasteiger partial charge in [0, 0.05) is 38.1 Å². The fourth-order valence-electron chi connectivity index (χ4n) is 3.36. The van der Waals surface area contributed by atoms with Crippen molar-refractivity contribution in [3.05, 3.63) is 0 Å². The Morgan fingerprint density at radius 2 is 1.65 bits per heavy atom. The van der Waals surface area contributed by atoms with Crippen molar-refractivity contribution in [1.82, 2.24) is 9.80 Å². The number of carbonyl (C=O) groups excluding carboxylic acids is 1. The normalized spacial score (nSPS) is 23.6. The summed E-state index contributed by atoms with van der Waals surface area (Å²) in [6, 6.07) is 0. The number of amides is 1. The fraction of sp³-hybridized carbons (Fsp3) is 0.867. The molecule has 0 aromatic rings. The number of hydrogen-bond acceptors (Lipinski definition) is 3. The highest BCUT2D eigenvalue weighted by atomic mass is 16.4. The Hall–Kier alpha value is -1.10. The first-order valence-corrected chi connectivity index (χ1v) is 7.75. The van der Waals surface area contributed by atoms with Gasteiger partial charge in [0.2, 0.25) is 5.91 Å². The first-order chi connectivity index (χ1) is 9.51. The molecule has 2 fully saturated rings. The molecule has 0 bridgehead atoms. The molecule has 114 valence electrons. The van der Waals surface area contributed by atoms with Crippen LogP contribution >= 0.6 is 0 Å². The highest BCUT2D eigenvalue weighted by molar-refractivity contribution is 5.82. The van der Waals surface area contributed by atoms with Crippen LogP contribution in [-0.2, 0) is 9.59 Å². The van der Waals surface area contributed by atoms with Crippen LogP contribution in [0.15, 0.2) is 0 Å². The molecule has 1 N–H and O–H groups in total. The first-order valence-electron chi connectivity index (χ1n) is 7.75. The maximum Gasteiger partial charge on any atom is 0.304 e. The van der Waals surface area contributed by atoms with Crippen LogP contribution in [0.2, 0.25) is 0 Å². The van der Waals surface area contributed by atoms with Crippen molar-refractivity contribution in [2.45, 2.75) is 45.4 Å². The van der Waals surface area contributed by atoms with Crippen LogP contribution in [-0.4, -0.2) is 59.5 Å². The van der Waals surface area contributed by atoms with Crippen LogP contribution in [0.5, 0.6) is 0 Å². The Morgan fingerprint density at radius 3 is 2.20 bits per heavy atom. The van der Waals surface area contributed by atoms with Gasteiger partial charge in [-0.15, -0.1) is 0 Å². The van der Waals surface area contributed by atoms with Crippen LogP contribution in [0.4, 0.5) is 0 Å². The van der Waals surface area contributed by atoms with Gasteiger partial charge >= 0.3 is 5.97 Å². The van der Waals surface area contributed by atoms with Gasteiger partial charge in [-0.05, 0) is 12.8 Å². The summed E-state index contributed by atoms with van der Waals surface area (Å²) < 4.78 is 0. The minimum Gasteiger partial charge on any atom is -0.481 e. The maximum absolute atomic E-state index is 12.7. The summed E-state index contributed by atoms with van der Waals surface area (Å²) in [5, 5.41) is 8.70. The van der Waals surface area contributed by atoms with Crippen LogP contribution in [0.1, 0.15) is 45.4 Å². The zero-order valence-corrected chi connectivity index (χ0v) is 12.4. The second kappa shape index (κ2) is 6.57. The van der Waals surface area contributed by atoms with Crippen LogP contribution in [0.25, 0.3) is 0 Å². The molecule has 20 heavy (non-hydrogen) atoms. The summed E-state index contributed by atoms with van der Waals surface area (Å²) >= 11 is 0. The average Bonchev–Trinajstić information content (AvgIpc) is 2.45. The summed E-state index contributed by atoms with van der Waals surface area (Å²) in [4.78, 5) is 27.4. The molecule has 1 aliphatic heterocycles. The van der Waals surface area contributed by atoms with E-state index >= 15 is 0 Å². The minimum absolute atomic E-state index is 0.151. The lowest BCUT2D eigenvalue weighted by atomic mass is 9.74. The van der Waals surface area contributed by atoms with E-state index in [0.29, 0.717) is 12.5 Å². The Morgan fingerprint density at radius 1 is 1.05 bits per heavy atom. The molecule has 5 nitrogen and oxygen atoms in total. The molecule has 1 heterocycles. The van der Waals surface area contributed by atoms with Gasteiger partial charge in [-0.1, -0.05) is 26.2 Å². The average molecular weight is 282 g/mol. The lowest BCUT2D eigenvalue weighted by Gasteiger charge is -2.41. The summed E-state index contributed by atoms with van der Waals surface area (Å²) in [6.07, 6.45) is 5.81. The predicted molar refractivity (Wildman–Crippen MR) is 76.5 cm³/mol. The lowest BCUT2D eigenvalue weighted by molar-refractivity contribution is -0.145. The summed E-state index contributed by atoms with van der Waals surface area (Å²) in [5.41, 5.74) is -0.151. The Balaban J connectivity index is 1.81. The number of aliphatic carboxylic acids is 1. The molecule has 0 atom stereocenters. The molecule has 1 amide bonds. The molecular weight excluding hydrogens is 256 g/mol. The SMILES string of the molecule is CC1(C(=O)N2CCN(CCC(=O)O)CC2)CCCCC1. The summed E-state index contributed by atoms with van der Waals surface area (Å²) in [6.45, 7) is 5.80. The van der Waals surface area contributed by atoms with Crippen LogP contribution in [0, 0.1) is 5.41 Å². The number of nitrogens with zero attached hydrogens (tertiary/aromatic N) is 2. The fourth-order valence-corrected chi connectivity index (χ4v) is 3.36. The highest BCUT2D eigenvalue weighted by Crippen LogP contribution is 2.37. The number of rotatable bonds is 4. The standard InChI is InChI=1S/C15H26N2O3/c1-15(6-3-2-4-7-15)14(20)17-11-9-16(10-12-17)8-5-13(18)19/h2-12H2,1H3,(H,18,19). The van der Waals surface area contributed by atoms with E-state index in [-0.39, 0.29) is 11.8 Å². The molecular formula is C15H26N2O3. The van der Waals surface area contributed by atoms with Crippen LogP contribution in [0.3, 0.4) is 0 Å². The molecule has 2 aliphatic rings. The Kier molecular flexibility index (Phi) is 5.02. The number of carboxylic acid groups (broad SMARTS) is 1. The molecule has 1 aliphatic carbocycles. The van der Waals surface area contributed by atoms with Gasteiger partial charge in [-0.2, -0.15) is 0 Å². The third-order valence-electron chi connectivity index (χ3n) is 4.77. The third-order valence-corrected chi connectivity index (χ3v) is 4.77. The second-order valence-electron chi connectivity index (χ2n) is 6.40. The molecule has 0 unspecified atom stereocenters. The quantitative estimate of drug-likeness (QED) is 0.850. The Labute approximate surface area is 120 Å². The Bertz CT molecular complexity index is 356. The van der Waals surface area contributed by atoms with E-state index in [9.17, 15) is 9.59 Å². The summed E-state index contributed by atoms with van der Waals surface area (Å²) in [7, 11) is 0. The first kappa shape index (κ1) is 15.3. The second-order valence-corrected chi connectivity index (χ2v) is 6.40. The zero-order valence-electron chi connectivity index (χ0n) is 12.4. The maximum atomic E-state index is 12.7. The summed E-state index contributed by atoms with van der Waals surface area (Å²) in [5.74, 6) is -0.437. The minimum atomic E-state index is -0.752. The van der Waals surface area contributed by atoms with Crippen LogP contribution < -0.4 is 0 Å². The van der Waals surface area contributed by atoms with Crippen molar-refractivity contribution in [1.29, 1.82) is 0 Å². The van der Waals surface area contributed by atoms with Gasteiger partial charge in [0.1, 0.15) is 0 Å². The number of hydrogen-bond donors (Lipinski definition) is 1. The third kappa shape index (κ3) is 3.72. The van der Waals surface area contributed by atoms with Gasteiger partial charge in [0.05, 0.1) is 6.42 Å². The van der Waals surface area contributed by atoms with E-state index in [2.05, 4.69) is 11.8 Å². The molecule has 0 aromatic carbocycles. The van der Waals surface area contributed by atoms with E-state index < -0.39 is 5.97 Å². The number of piperazine rings is 1. The van der Waals surface area contributed by atoms with E-state index in [1.807, 2.05) is 4.90 Å². The van der Waals surface area contributed by atoms with E-state index in [1.165, 1.54) is 19.3 Å². The van der Waals surface area contributed by atoms with Gasteiger partial charge in [0.15, 0.2) is 0 Å². The largest absolute Gasteiger partial charge is 0.481 e. The van der Waals surface area contributed by atoms with Gasteiger partial charge in [0.25, 0.3) is 0 Å². The monoisotopic (exact) mass is 282 g/mol. The molecule has 1 saturated heterocycles. The number of carboxylic acids is 1. The van der Waals surface area contributed by atoms with E-state index in [0.717, 1.165) is 39.0 Å². The van der Waals surface area contributed by atoms with Crippen molar-refractivity contribution in [2.75, 3.05) is 32.7 Å². The van der Waals surface area contributed by atoms with E-state index in [4.69, 9.17) is 5.11 Å². The molecule has 2 rings (SSSR count). The van der Waals surface area contributed by atoms with Crippen molar-refractivity contribution in [3.63, 3.8) is 0 Å². The molecule has 1 saturated carbocycles. The van der Waals surface area contributed by atoms with Crippen molar-refractivity contribution < 1.29 is 14.7 Å². The van der Waals surface area contributed by atoms with Crippen molar-refractivity contribution in [2.24, 2.45) is 5.41 Å². The molecule has 5 heteroatoms. The zero-order chi connectivity index (χ0) is 14.6. The molecule has 0 spiro atoms. The predicted octanol–water partition coefficient (Wildman–Crippen LogP) is 1.58. The van der Waals surface area contributed by atoms with E-state index in [1.54, 1.807) is 0 Å². The van der Waals surface area contributed by atoms with Crippen molar-refractivity contribution in [3.8, 4) is 0 Å². The van der Waals surface area contributed by atoms with Crippen molar-refractivity contribution >= 4 is 11.9 Å². The van der Waals surface area contributed by atoms with Gasteiger partial charge in [-0.25, -0.2) is 0 Å². The van der Waals surface area contributed by atoms with Gasteiger partial charge in [-0.3, -0.25) is 14.5 Å². The lowest BCUT2D eigenvalue weighted by Crippen LogP contribution is -2.53. The topological polar surface area (TPSA) is 60.9 Å². The molecule has 0 aromatic heterocycles. The van der Waals surface area contributed by atoms with Gasteiger partial charge < -0.3 is 10.0 Å². The smallest absolute Gasteiger partial charge is 0.304 e.